The standard InChI is InChI=1S/C17H19N3O2S/c1-10(14-9-12-7-5-6-8-13(12)22-14)18-16(21)15-11(2)19-17(23-15)20(3)4/h5-10H,1-4H3,(H,18,21)/t10-/m0/s1. The summed E-state index contributed by atoms with van der Waals surface area (Å²) in [5.74, 6) is 0.621. The summed E-state index contributed by atoms with van der Waals surface area (Å²) in [6.45, 7) is 3.77. The molecule has 0 bridgehead atoms. The summed E-state index contributed by atoms with van der Waals surface area (Å²) >= 11 is 1.39. The van der Waals surface area contributed by atoms with Crippen molar-refractivity contribution in [1.29, 1.82) is 0 Å². The monoisotopic (exact) mass is 329 g/mol. The van der Waals surface area contributed by atoms with Crippen LogP contribution in [0.3, 0.4) is 0 Å². The SMILES string of the molecule is Cc1nc(N(C)C)sc1C(=O)N[C@@H](C)c1cc2ccccc2o1. The van der Waals surface area contributed by atoms with E-state index in [0.717, 1.165) is 27.6 Å². The van der Waals surface area contributed by atoms with Gasteiger partial charge in [-0.3, -0.25) is 4.79 Å². The minimum Gasteiger partial charge on any atom is -0.459 e. The van der Waals surface area contributed by atoms with E-state index in [-0.39, 0.29) is 11.9 Å². The summed E-state index contributed by atoms with van der Waals surface area (Å²) in [5.41, 5.74) is 1.57. The first-order valence-electron chi connectivity index (χ1n) is 7.40. The number of aromatic nitrogens is 1. The maximum Gasteiger partial charge on any atom is 0.263 e. The van der Waals surface area contributed by atoms with Crippen LogP contribution in [0.4, 0.5) is 5.13 Å². The average molecular weight is 329 g/mol. The lowest BCUT2D eigenvalue weighted by Gasteiger charge is -2.10. The third-order valence-electron chi connectivity index (χ3n) is 3.59. The van der Waals surface area contributed by atoms with Crippen molar-refractivity contribution in [2.75, 3.05) is 19.0 Å². The minimum atomic E-state index is -0.209. The Kier molecular flexibility index (Phi) is 4.09. The number of fused-ring (bicyclic) bond motifs is 1. The van der Waals surface area contributed by atoms with Gasteiger partial charge in [-0.1, -0.05) is 29.5 Å². The predicted molar refractivity (Wildman–Crippen MR) is 93.3 cm³/mol. The van der Waals surface area contributed by atoms with Crippen LogP contribution >= 0.6 is 11.3 Å². The van der Waals surface area contributed by atoms with E-state index in [1.807, 2.05) is 63.2 Å². The van der Waals surface area contributed by atoms with Crippen molar-refractivity contribution in [2.24, 2.45) is 0 Å². The van der Waals surface area contributed by atoms with Crippen LogP contribution in [-0.2, 0) is 0 Å². The van der Waals surface area contributed by atoms with E-state index >= 15 is 0 Å². The summed E-state index contributed by atoms with van der Waals surface area (Å²) in [6.07, 6.45) is 0. The molecule has 0 aliphatic heterocycles. The Hall–Kier alpha value is -2.34. The zero-order valence-corrected chi connectivity index (χ0v) is 14.4. The molecular weight excluding hydrogens is 310 g/mol. The van der Waals surface area contributed by atoms with Gasteiger partial charge in [-0.15, -0.1) is 0 Å². The third kappa shape index (κ3) is 3.07. The summed E-state index contributed by atoms with van der Waals surface area (Å²) in [4.78, 5) is 19.4. The Labute approximate surface area is 138 Å². The van der Waals surface area contributed by atoms with Gasteiger partial charge in [0.25, 0.3) is 5.91 Å². The molecule has 23 heavy (non-hydrogen) atoms. The highest BCUT2D eigenvalue weighted by molar-refractivity contribution is 7.17. The van der Waals surface area contributed by atoms with E-state index in [1.165, 1.54) is 11.3 Å². The van der Waals surface area contributed by atoms with Crippen LogP contribution in [0, 0.1) is 6.92 Å². The second-order valence-electron chi connectivity index (χ2n) is 5.69. The van der Waals surface area contributed by atoms with E-state index in [1.54, 1.807) is 0 Å². The fourth-order valence-electron chi connectivity index (χ4n) is 2.33. The lowest BCUT2D eigenvalue weighted by molar-refractivity contribution is 0.0939. The van der Waals surface area contributed by atoms with E-state index in [4.69, 9.17) is 4.42 Å². The number of nitrogens with zero attached hydrogens (tertiary/aromatic N) is 2. The lowest BCUT2D eigenvalue weighted by atomic mass is 10.2. The number of carbonyl (C=O) groups excluding carboxylic acids is 1. The van der Waals surface area contributed by atoms with Crippen molar-refractivity contribution in [3.8, 4) is 0 Å². The number of nitrogens with one attached hydrogen (secondary N) is 1. The maximum absolute atomic E-state index is 12.5. The topological polar surface area (TPSA) is 58.4 Å². The second-order valence-corrected chi connectivity index (χ2v) is 6.66. The highest BCUT2D eigenvalue weighted by Gasteiger charge is 2.20. The molecule has 120 valence electrons. The molecule has 1 aromatic carbocycles. The van der Waals surface area contributed by atoms with Gasteiger partial charge in [0.05, 0.1) is 11.7 Å². The number of para-hydroxylation sites is 1. The highest BCUT2D eigenvalue weighted by atomic mass is 32.1. The summed E-state index contributed by atoms with van der Waals surface area (Å²) < 4.78 is 5.81. The molecule has 0 saturated heterocycles. The number of benzene rings is 1. The van der Waals surface area contributed by atoms with Gasteiger partial charge >= 0.3 is 0 Å². The van der Waals surface area contributed by atoms with Crippen LogP contribution in [0.1, 0.15) is 34.1 Å². The number of aryl methyl sites for hydroxylation is 1. The van der Waals surface area contributed by atoms with Crippen LogP contribution in [-0.4, -0.2) is 25.0 Å². The molecule has 0 unspecified atom stereocenters. The van der Waals surface area contributed by atoms with Crippen LogP contribution in [0.5, 0.6) is 0 Å². The molecular formula is C17H19N3O2S. The van der Waals surface area contributed by atoms with Crippen LogP contribution < -0.4 is 10.2 Å². The quantitative estimate of drug-likeness (QED) is 0.792. The average Bonchev–Trinajstić information content (AvgIpc) is 3.10. The molecule has 0 spiro atoms. The molecule has 2 aromatic heterocycles. The van der Waals surface area contributed by atoms with E-state index in [0.29, 0.717) is 4.88 Å². The molecule has 3 rings (SSSR count). The Morgan fingerprint density at radius 3 is 2.74 bits per heavy atom. The first-order valence-corrected chi connectivity index (χ1v) is 8.21. The highest BCUT2D eigenvalue weighted by Crippen LogP contribution is 2.27. The molecule has 0 radical (unpaired) electrons. The molecule has 0 aliphatic rings. The van der Waals surface area contributed by atoms with Gasteiger partial charge in [-0.25, -0.2) is 4.98 Å². The summed E-state index contributed by atoms with van der Waals surface area (Å²) in [5, 5.41) is 4.84. The normalized spacial score (nSPS) is 12.3. The van der Waals surface area contributed by atoms with Gasteiger partial charge in [0.15, 0.2) is 5.13 Å². The molecule has 2 heterocycles. The molecule has 3 aromatic rings. The number of carbonyl (C=O) groups is 1. The number of thiazole rings is 1. The van der Waals surface area contributed by atoms with Crippen LogP contribution in [0.25, 0.3) is 11.0 Å². The van der Waals surface area contributed by atoms with Crippen LogP contribution in [0.15, 0.2) is 34.7 Å². The van der Waals surface area contributed by atoms with Crippen molar-refractivity contribution in [3.05, 3.63) is 46.7 Å². The van der Waals surface area contributed by atoms with Gasteiger partial charge in [0, 0.05) is 19.5 Å². The first-order chi connectivity index (χ1) is 11.0. The smallest absolute Gasteiger partial charge is 0.263 e. The number of hydrogen-bond donors (Lipinski definition) is 1. The molecule has 1 amide bonds. The van der Waals surface area contributed by atoms with Gasteiger partial charge in [0.2, 0.25) is 0 Å². The minimum absolute atomic E-state index is 0.124. The Morgan fingerprint density at radius 2 is 2.09 bits per heavy atom. The van der Waals surface area contributed by atoms with Gasteiger partial charge in [-0.2, -0.15) is 0 Å². The molecule has 0 saturated carbocycles. The van der Waals surface area contributed by atoms with Crippen LogP contribution in [0.2, 0.25) is 0 Å². The van der Waals surface area contributed by atoms with Gasteiger partial charge < -0.3 is 14.6 Å². The molecule has 1 N–H and O–H groups in total. The number of anilines is 1. The number of furan rings is 1. The third-order valence-corrected chi connectivity index (χ3v) is 4.92. The number of rotatable bonds is 4. The first kappa shape index (κ1) is 15.6. The number of amides is 1. The molecule has 1 atom stereocenters. The van der Waals surface area contributed by atoms with Crippen molar-refractivity contribution in [1.82, 2.24) is 10.3 Å². The van der Waals surface area contributed by atoms with E-state index < -0.39 is 0 Å². The van der Waals surface area contributed by atoms with Gasteiger partial charge in [-0.05, 0) is 26.0 Å². The van der Waals surface area contributed by atoms with E-state index in [2.05, 4.69) is 10.3 Å². The second kappa shape index (κ2) is 6.04. The molecule has 0 aliphatic carbocycles. The largest absolute Gasteiger partial charge is 0.459 e. The summed E-state index contributed by atoms with van der Waals surface area (Å²) in [6, 6.07) is 9.57. The Bertz CT molecular complexity index is 818. The fourth-order valence-corrected chi connectivity index (χ4v) is 3.23. The fraction of sp³-hybridized carbons (Fsp3) is 0.294. The predicted octanol–water partition coefficient (Wildman–Crippen LogP) is 3.75. The van der Waals surface area contributed by atoms with Gasteiger partial charge in [0.1, 0.15) is 16.2 Å². The Morgan fingerprint density at radius 1 is 1.35 bits per heavy atom. The number of hydrogen-bond acceptors (Lipinski definition) is 5. The van der Waals surface area contributed by atoms with Crippen molar-refractivity contribution in [2.45, 2.75) is 19.9 Å². The Balaban J connectivity index is 1.79. The zero-order valence-electron chi connectivity index (χ0n) is 13.6. The molecule has 0 fully saturated rings. The zero-order chi connectivity index (χ0) is 16.6. The molecule has 5 nitrogen and oxygen atoms in total. The lowest BCUT2D eigenvalue weighted by Crippen LogP contribution is -2.26. The van der Waals surface area contributed by atoms with Crippen molar-refractivity contribution in [3.63, 3.8) is 0 Å². The summed E-state index contributed by atoms with van der Waals surface area (Å²) in [7, 11) is 3.83. The maximum atomic E-state index is 12.5. The van der Waals surface area contributed by atoms with Crippen molar-refractivity contribution < 1.29 is 9.21 Å². The molecule has 6 heteroatoms. The van der Waals surface area contributed by atoms with Crippen molar-refractivity contribution >= 4 is 33.3 Å². The van der Waals surface area contributed by atoms with E-state index in [9.17, 15) is 4.79 Å².